The second-order valence-corrected chi connectivity index (χ2v) is 4.74. The summed E-state index contributed by atoms with van der Waals surface area (Å²) < 4.78 is 10.8. The Morgan fingerprint density at radius 3 is 3.06 bits per heavy atom. The van der Waals surface area contributed by atoms with Crippen molar-refractivity contribution in [3.8, 4) is 5.75 Å². The Bertz CT molecular complexity index is 399. The molecular weight excluding hydrogens is 252 g/mol. The molecule has 100 valence electrons. The van der Waals surface area contributed by atoms with Crippen molar-refractivity contribution < 1.29 is 9.47 Å². The Balaban J connectivity index is 2.08. The molecule has 1 aromatic carbocycles. The Kier molecular flexibility index (Phi) is 4.69. The maximum atomic E-state index is 6.14. The first kappa shape index (κ1) is 13.5. The van der Waals surface area contributed by atoms with Gasteiger partial charge in [0.2, 0.25) is 0 Å². The van der Waals surface area contributed by atoms with Gasteiger partial charge in [0.1, 0.15) is 5.75 Å². The van der Waals surface area contributed by atoms with E-state index in [2.05, 4.69) is 4.90 Å². The molecule has 1 heterocycles. The van der Waals surface area contributed by atoms with Gasteiger partial charge in [-0.15, -0.1) is 0 Å². The van der Waals surface area contributed by atoms with Crippen LogP contribution in [0.5, 0.6) is 5.75 Å². The summed E-state index contributed by atoms with van der Waals surface area (Å²) in [7, 11) is 1.62. The molecule has 4 nitrogen and oxygen atoms in total. The van der Waals surface area contributed by atoms with E-state index >= 15 is 0 Å². The summed E-state index contributed by atoms with van der Waals surface area (Å²) in [5.74, 6) is 0.701. The van der Waals surface area contributed by atoms with Crippen molar-refractivity contribution >= 4 is 17.3 Å². The van der Waals surface area contributed by atoms with Crippen LogP contribution in [0.4, 0.5) is 5.69 Å². The molecule has 1 aromatic rings. The Morgan fingerprint density at radius 1 is 1.56 bits per heavy atom. The predicted molar refractivity (Wildman–Crippen MR) is 73.6 cm³/mol. The first-order valence-electron chi connectivity index (χ1n) is 6.14. The maximum absolute atomic E-state index is 6.14. The second kappa shape index (κ2) is 6.27. The van der Waals surface area contributed by atoms with Crippen LogP contribution in [0.25, 0.3) is 0 Å². The summed E-state index contributed by atoms with van der Waals surface area (Å²) in [6.45, 7) is 3.12. The van der Waals surface area contributed by atoms with Crippen LogP contribution in [-0.2, 0) is 4.74 Å². The van der Waals surface area contributed by atoms with Gasteiger partial charge in [0.15, 0.2) is 0 Å². The lowest BCUT2D eigenvalue weighted by atomic mass is 10.2. The normalized spacial score (nSPS) is 19.9. The average Bonchev–Trinajstić information content (AvgIpc) is 2.39. The molecule has 1 aliphatic rings. The predicted octanol–water partition coefficient (Wildman–Crippen LogP) is 1.90. The summed E-state index contributed by atoms with van der Waals surface area (Å²) >= 11 is 6.14. The highest BCUT2D eigenvalue weighted by Gasteiger charge is 2.20. The van der Waals surface area contributed by atoms with E-state index in [4.69, 9.17) is 26.8 Å². The molecule has 0 spiro atoms. The van der Waals surface area contributed by atoms with Crippen molar-refractivity contribution in [3.05, 3.63) is 23.2 Å². The van der Waals surface area contributed by atoms with E-state index in [1.165, 1.54) is 0 Å². The topological polar surface area (TPSA) is 47.7 Å². The average molecular weight is 271 g/mol. The van der Waals surface area contributed by atoms with Crippen LogP contribution in [-0.4, -0.2) is 39.5 Å². The van der Waals surface area contributed by atoms with Crippen LogP contribution < -0.4 is 15.4 Å². The molecule has 2 rings (SSSR count). The smallest absolute Gasteiger partial charge is 0.137 e. The van der Waals surface area contributed by atoms with Gasteiger partial charge in [0, 0.05) is 18.8 Å². The van der Waals surface area contributed by atoms with E-state index in [1.54, 1.807) is 7.11 Å². The van der Waals surface area contributed by atoms with Crippen LogP contribution in [0.1, 0.15) is 6.42 Å². The number of ether oxygens (including phenoxy) is 2. The molecule has 0 radical (unpaired) electrons. The highest BCUT2D eigenvalue weighted by molar-refractivity contribution is 6.32. The summed E-state index contributed by atoms with van der Waals surface area (Å²) in [5, 5.41) is 0.636. The number of hydrogen-bond donors (Lipinski definition) is 1. The highest BCUT2D eigenvalue weighted by Crippen LogP contribution is 2.30. The summed E-state index contributed by atoms with van der Waals surface area (Å²) in [6.07, 6.45) is 1.10. The zero-order valence-corrected chi connectivity index (χ0v) is 11.3. The first-order chi connectivity index (χ1) is 8.74. The lowest BCUT2D eigenvalue weighted by Gasteiger charge is -2.34. The maximum Gasteiger partial charge on any atom is 0.137 e. The second-order valence-electron chi connectivity index (χ2n) is 4.34. The van der Waals surface area contributed by atoms with Crippen LogP contribution in [0.15, 0.2) is 18.2 Å². The molecule has 2 N–H and O–H groups in total. The number of nitrogens with two attached hydrogens (primary N) is 1. The third-order valence-electron chi connectivity index (χ3n) is 3.13. The molecule has 1 unspecified atom stereocenters. The van der Waals surface area contributed by atoms with E-state index in [1.807, 2.05) is 18.2 Å². The summed E-state index contributed by atoms with van der Waals surface area (Å²) in [6, 6.07) is 5.85. The number of morpholine rings is 1. The van der Waals surface area contributed by atoms with Crippen molar-refractivity contribution in [1.82, 2.24) is 0 Å². The van der Waals surface area contributed by atoms with Crippen LogP contribution in [0.3, 0.4) is 0 Å². The minimum atomic E-state index is 0.213. The Hall–Kier alpha value is -0.970. The fraction of sp³-hybridized carbons (Fsp3) is 0.538. The van der Waals surface area contributed by atoms with Gasteiger partial charge in [-0.2, -0.15) is 0 Å². The van der Waals surface area contributed by atoms with Gasteiger partial charge in [-0.3, -0.25) is 0 Å². The molecule has 18 heavy (non-hydrogen) atoms. The number of benzene rings is 1. The minimum absolute atomic E-state index is 0.213. The van der Waals surface area contributed by atoms with Crippen molar-refractivity contribution in [2.24, 2.45) is 5.73 Å². The van der Waals surface area contributed by atoms with Gasteiger partial charge in [-0.1, -0.05) is 11.6 Å². The molecule has 0 aliphatic carbocycles. The van der Waals surface area contributed by atoms with Crippen LogP contribution >= 0.6 is 11.6 Å². The van der Waals surface area contributed by atoms with E-state index in [0.29, 0.717) is 17.3 Å². The number of hydrogen-bond acceptors (Lipinski definition) is 4. The molecule has 0 aromatic heterocycles. The number of anilines is 1. The summed E-state index contributed by atoms with van der Waals surface area (Å²) in [5.41, 5.74) is 6.67. The molecule has 5 heteroatoms. The van der Waals surface area contributed by atoms with Crippen molar-refractivity contribution in [2.45, 2.75) is 12.5 Å². The molecule has 0 bridgehead atoms. The summed E-state index contributed by atoms with van der Waals surface area (Å²) in [4.78, 5) is 2.27. The van der Waals surface area contributed by atoms with Crippen molar-refractivity contribution in [3.63, 3.8) is 0 Å². The van der Waals surface area contributed by atoms with Gasteiger partial charge < -0.3 is 20.1 Å². The standard InChI is InChI=1S/C13H19ClN2O2/c1-17-13-3-2-10(8-12(13)14)16-6-7-18-11(9-16)4-5-15/h2-3,8,11H,4-7,9,15H2,1H3. The molecule has 1 atom stereocenters. The zero-order chi connectivity index (χ0) is 13.0. The fourth-order valence-corrected chi connectivity index (χ4v) is 2.42. The SMILES string of the molecule is COc1ccc(N2CCOC(CCN)C2)cc1Cl. The number of rotatable bonds is 4. The number of nitrogens with zero attached hydrogens (tertiary/aromatic N) is 1. The van der Waals surface area contributed by atoms with Crippen molar-refractivity contribution in [2.75, 3.05) is 38.3 Å². The quantitative estimate of drug-likeness (QED) is 0.908. The fourth-order valence-electron chi connectivity index (χ4n) is 2.17. The van der Waals surface area contributed by atoms with E-state index in [-0.39, 0.29) is 6.10 Å². The molecular formula is C13H19ClN2O2. The molecule has 0 saturated carbocycles. The third kappa shape index (κ3) is 3.07. The lowest BCUT2D eigenvalue weighted by Crippen LogP contribution is -2.43. The zero-order valence-electron chi connectivity index (χ0n) is 10.6. The number of methoxy groups -OCH3 is 1. The molecule has 1 aliphatic heterocycles. The largest absolute Gasteiger partial charge is 0.495 e. The van der Waals surface area contributed by atoms with E-state index < -0.39 is 0 Å². The van der Waals surface area contributed by atoms with Gasteiger partial charge in [-0.25, -0.2) is 0 Å². The lowest BCUT2D eigenvalue weighted by molar-refractivity contribution is 0.0369. The van der Waals surface area contributed by atoms with Crippen LogP contribution in [0, 0.1) is 0 Å². The molecule has 0 amide bonds. The van der Waals surface area contributed by atoms with Gasteiger partial charge in [0.05, 0.1) is 24.8 Å². The monoisotopic (exact) mass is 270 g/mol. The highest BCUT2D eigenvalue weighted by atomic mass is 35.5. The van der Waals surface area contributed by atoms with Gasteiger partial charge >= 0.3 is 0 Å². The van der Waals surface area contributed by atoms with E-state index in [9.17, 15) is 0 Å². The van der Waals surface area contributed by atoms with Gasteiger partial charge in [0.25, 0.3) is 0 Å². The minimum Gasteiger partial charge on any atom is -0.495 e. The Labute approximate surface area is 113 Å². The van der Waals surface area contributed by atoms with E-state index in [0.717, 1.165) is 31.8 Å². The van der Waals surface area contributed by atoms with Crippen LogP contribution in [0.2, 0.25) is 5.02 Å². The molecule has 1 saturated heterocycles. The van der Waals surface area contributed by atoms with Crippen molar-refractivity contribution in [1.29, 1.82) is 0 Å². The number of halogens is 1. The third-order valence-corrected chi connectivity index (χ3v) is 3.42. The first-order valence-corrected chi connectivity index (χ1v) is 6.52. The molecule has 1 fully saturated rings. The Morgan fingerprint density at radius 2 is 2.39 bits per heavy atom. The van der Waals surface area contributed by atoms with Gasteiger partial charge in [-0.05, 0) is 31.2 Å².